The molecule has 0 aliphatic carbocycles. The number of hydrogen-bond acceptors (Lipinski definition) is 7. The van der Waals surface area contributed by atoms with Crippen molar-refractivity contribution in [3.63, 3.8) is 0 Å². The molecule has 2 aliphatic rings. The van der Waals surface area contributed by atoms with Crippen molar-refractivity contribution >= 4 is 17.8 Å². The maximum Gasteiger partial charge on any atom is 0.490 e. The van der Waals surface area contributed by atoms with Gasteiger partial charge in [0.1, 0.15) is 0 Å². The van der Waals surface area contributed by atoms with Crippen molar-refractivity contribution in [3.05, 3.63) is 18.5 Å². The lowest BCUT2D eigenvalue weighted by Crippen LogP contribution is -2.58. The predicted molar refractivity (Wildman–Crippen MR) is 101 cm³/mol. The van der Waals surface area contributed by atoms with Crippen LogP contribution < -0.4 is 4.90 Å². The number of halogens is 3. The highest BCUT2D eigenvalue weighted by atomic mass is 19.4. The molecule has 12 heteroatoms. The number of amides is 1. The van der Waals surface area contributed by atoms with Gasteiger partial charge >= 0.3 is 12.1 Å². The van der Waals surface area contributed by atoms with Crippen LogP contribution in [0.4, 0.5) is 19.1 Å². The van der Waals surface area contributed by atoms with Crippen molar-refractivity contribution < 1.29 is 32.6 Å². The van der Waals surface area contributed by atoms with Crippen LogP contribution in [-0.2, 0) is 14.3 Å². The van der Waals surface area contributed by atoms with Crippen molar-refractivity contribution in [1.29, 1.82) is 0 Å². The van der Waals surface area contributed by atoms with Crippen LogP contribution in [0.25, 0.3) is 0 Å². The molecule has 0 unspecified atom stereocenters. The molecule has 0 atom stereocenters. The Morgan fingerprint density at radius 3 is 2.27 bits per heavy atom. The van der Waals surface area contributed by atoms with Gasteiger partial charge in [-0.15, -0.1) is 0 Å². The summed E-state index contributed by atoms with van der Waals surface area (Å²) < 4.78 is 37.9. The van der Waals surface area contributed by atoms with Crippen molar-refractivity contribution in [2.45, 2.75) is 24.6 Å². The molecule has 1 aromatic heterocycles. The van der Waals surface area contributed by atoms with E-state index in [1.165, 1.54) is 0 Å². The summed E-state index contributed by atoms with van der Waals surface area (Å²) in [5, 5.41) is 7.12. The summed E-state index contributed by atoms with van der Waals surface area (Å²) in [6, 6.07) is 1.83. The Bertz CT molecular complexity index is 710. The Morgan fingerprint density at radius 1 is 1.20 bits per heavy atom. The molecule has 1 N–H and O–H groups in total. The Kier molecular flexibility index (Phi) is 7.96. The highest BCUT2D eigenvalue weighted by Crippen LogP contribution is 2.31. The molecule has 2 saturated heterocycles. The van der Waals surface area contributed by atoms with E-state index in [1.54, 1.807) is 12.4 Å². The summed E-state index contributed by atoms with van der Waals surface area (Å²) >= 11 is 0. The molecular weight excluding hydrogens is 407 g/mol. The number of carbonyl (C=O) groups excluding carboxylic acids is 1. The first-order valence-electron chi connectivity index (χ1n) is 9.41. The topological polar surface area (TPSA) is 99.1 Å². The number of carboxylic acids is 1. The number of carboxylic acid groups (broad SMARTS) is 1. The zero-order valence-corrected chi connectivity index (χ0v) is 16.9. The summed E-state index contributed by atoms with van der Waals surface area (Å²) in [4.78, 5) is 35.8. The van der Waals surface area contributed by atoms with E-state index in [2.05, 4.69) is 14.9 Å². The van der Waals surface area contributed by atoms with Crippen LogP contribution >= 0.6 is 0 Å². The number of aliphatic carboxylic acids is 1. The minimum atomic E-state index is -5.08. The smallest absolute Gasteiger partial charge is 0.475 e. The number of carbonyl (C=O) groups is 2. The highest BCUT2D eigenvalue weighted by Gasteiger charge is 2.41. The third-order valence-electron chi connectivity index (χ3n) is 4.80. The molecule has 2 fully saturated rings. The van der Waals surface area contributed by atoms with Crippen LogP contribution in [-0.4, -0.2) is 102 Å². The van der Waals surface area contributed by atoms with Crippen molar-refractivity contribution in [1.82, 2.24) is 19.8 Å². The SMILES string of the molecule is CN(C)CC(=O)N1CCC2(CC1)CN(c1ncccn1)CCO2.O=C(O)C(F)(F)F. The van der Waals surface area contributed by atoms with E-state index in [4.69, 9.17) is 14.6 Å². The van der Waals surface area contributed by atoms with E-state index in [1.807, 2.05) is 30.0 Å². The van der Waals surface area contributed by atoms with Gasteiger partial charge in [0.25, 0.3) is 0 Å². The standard InChI is InChI=1S/C16H25N5O2.C2HF3O2/c1-19(2)12-14(22)20-8-4-16(5-9-20)13-21(10-11-23-16)15-17-6-3-7-18-15;3-2(4,5)1(6)7/h3,6-7H,4-5,8-13H2,1-2H3;(H,6,7). The molecule has 168 valence electrons. The number of nitrogens with zero attached hydrogens (tertiary/aromatic N) is 5. The van der Waals surface area contributed by atoms with Gasteiger partial charge in [0.05, 0.1) is 25.3 Å². The van der Waals surface area contributed by atoms with E-state index in [0.717, 1.165) is 45.0 Å². The first-order valence-corrected chi connectivity index (χ1v) is 9.41. The van der Waals surface area contributed by atoms with Gasteiger partial charge in [-0.1, -0.05) is 0 Å². The lowest BCUT2D eigenvalue weighted by Gasteiger charge is -2.47. The van der Waals surface area contributed by atoms with Gasteiger partial charge in [0, 0.05) is 32.0 Å². The van der Waals surface area contributed by atoms with Crippen LogP contribution in [0.15, 0.2) is 18.5 Å². The summed E-state index contributed by atoms with van der Waals surface area (Å²) in [7, 11) is 3.84. The second-order valence-electron chi connectivity index (χ2n) is 7.42. The number of rotatable bonds is 3. The van der Waals surface area contributed by atoms with Gasteiger partial charge in [0.2, 0.25) is 11.9 Å². The first-order chi connectivity index (χ1) is 14.0. The van der Waals surface area contributed by atoms with Gasteiger partial charge in [-0.05, 0) is 33.0 Å². The fraction of sp³-hybridized carbons (Fsp3) is 0.667. The molecule has 30 heavy (non-hydrogen) atoms. The molecule has 0 saturated carbocycles. The number of morpholine rings is 1. The molecular formula is C18H26F3N5O4. The maximum absolute atomic E-state index is 12.2. The maximum atomic E-state index is 12.2. The van der Waals surface area contributed by atoms with E-state index in [0.29, 0.717) is 13.2 Å². The summed E-state index contributed by atoms with van der Waals surface area (Å²) in [5.74, 6) is -1.79. The van der Waals surface area contributed by atoms with Crippen LogP contribution in [0.5, 0.6) is 0 Å². The molecule has 1 amide bonds. The number of likely N-dealkylation sites (N-methyl/N-ethyl adjacent to an activating group) is 1. The molecule has 0 bridgehead atoms. The molecule has 0 radical (unpaired) electrons. The number of piperidine rings is 1. The number of likely N-dealkylation sites (tertiary alicyclic amines) is 1. The van der Waals surface area contributed by atoms with Crippen LogP contribution in [0.3, 0.4) is 0 Å². The average molecular weight is 433 g/mol. The quantitative estimate of drug-likeness (QED) is 0.750. The Hall–Kier alpha value is -2.47. The lowest BCUT2D eigenvalue weighted by molar-refractivity contribution is -0.192. The zero-order valence-electron chi connectivity index (χ0n) is 16.9. The second-order valence-corrected chi connectivity index (χ2v) is 7.42. The average Bonchev–Trinajstić information content (AvgIpc) is 2.68. The van der Waals surface area contributed by atoms with Crippen LogP contribution in [0.2, 0.25) is 0 Å². The molecule has 1 aromatic rings. The van der Waals surface area contributed by atoms with Crippen molar-refractivity contribution in [2.24, 2.45) is 0 Å². The lowest BCUT2D eigenvalue weighted by atomic mass is 9.89. The van der Waals surface area contributed by atoms with Crippen LogP contribution in [0.1, 0.15) is 12.8 Å². The van der Waals surface area contributed by atoms with Crippen molar-refractivity contribution in [2.75, 3.05) is 58.3 Å². The van der Waals surface area contributed by atoms with Gasteiger partial charge in [-0.3, -0.25) is 4.79 Å². The summed E-state index contributed by atoms with van der Waals surface area (Å²) in [6.45, 7) is 4.29. The van der Waals surface area contributed by atoms with E-state index in [9.17, 15) is 18.0 Å². The van der Waals surface area contributed by atoms with E-state index < -0.39 is 12.1 Å². The number of anilines is 1. The molecule has 0 aromatic carbocycles. The largest absolute Gasteiger partial charge is 0.490 e. The van der Waals surface area contributed by atoms with E-state index >= 15 is 0 Å². The van der Waals surface area contributed by atoms with Gasteiger partial charge < -0.3 is 24.5 Å². The number of hydrogen-bond donors (Lipinski definition) is 1. The first kappa shape index (κ1) is 23.8. The minimum absolute atomic E-state index is 0.174. The minimum Gasteiger partial charge on any atom is -0.475 e. The third kappa shape index (κ3) is 6.80. The normalized spacial score (nSPS) is 18.7. The predicted octanol–water partition coefficient (Wildman–Crippen LogP) is 0.869. The summed E-state index contributed by atoms with van der Waals surface area (Å²) in [6.07, 6.45) is 0.199. The highest BCUT2D eigenvalue weighted by molar-refractivity contribution is 5.78. The monoisotopic (exact) mass is 433 g/mol. The van der Waals surface area contributed by atoms with Gasteiger partial charge in [-0.2, -0.15) is 13.2 Å². The van der Waals surface area contributed by atoms with Crippen molar-refractivity contribution in [3.8, 4) is 0 Å². The third-order valence-corrected chi connectivity index (χ3v) is 4.80. The molecule has 1 spiro atoms. The Balaban J connectivity index is 0.000000396. The molecule has 3 rings (SSSR count). The molecule has 9 nitrogen and oxygen atoms in total. The van der Waals surface area contributed by atoms with Gasteiger partial charge in [0.15, 0.2) is 0 Å². The Morgan fingerprint density at radius 2 is 1.77 bits per heavy atom. The number of alkyl halides is 3. The van der Waals surface area contributed by atoms with Gasteiger partial charge in [-0.25, -0.2) is 14.8 Å². The fourth-order valence-electron chi connectivity index (χ4n) is 3.31. The van der Waals surface area contributed by atoms with E-state index in [-0.39, 0.29) is 11.5 Å². The summed E-state index contributed by atoms with van der Waals surface area (Å²) in [5.41, 5.74) is -0.174. The fourth-order valence-corrected chi connectivity index (χ4v) is 3.31. The molecule has 2 aliphatic heterocycles. The number of aromatic nitrogens is 2. The molecule has 3 heterocycles. The van der Waals surface area contributed by atoms with Crippen LogP contribution in [0, 0.1) is 0 Å². The Labute approximate surface area is 172 Å². The number of ether oxygens (including phenoxy) is 1. The second kappa shape index (κ2) is 10.0. The zero-order chi connectivity index (χ0) is 22.4.